The molecule has 3 aromatic rings. The van der Waals surface area contributed by atoms with E-state index in [4.69, 9.17) is 11.6 Å². The van der Waals surface area contributed by atoms with Gasteiger partial charge in [-0.15, -0.1) is 0 Å². The van der Waals surface area contributed by atoms with Crippen LogP contribution in [0.25, 0.3) is 0 Å². The normalized spacial score (nSPS) is 11.5. The van der Waals surface area contributed by atoms with Crippen LogP contribution in [0.2, 0.25) is 5.02 Å². The Labute approximate surface area is 167 Å². The van der Waals surface area contributed by atoms with Crippen molar-refractivity contribution in [2.45, 2.75) is 12.5 Å². The highest BCUT2D eigenvalue weighted by molar-refractivity contribution is 6.33. The van der Waals surface area contributed by atoms with E-state index >= 15 is 0 Å². The average molecular weight is 397 g/mol. The Morgan fingerprint density at radius 2 is 1.54 bits per heavy atom. The van der Waals surface area contributed by atoms with Crippen molar-refractivity contribution in [1.82, 2.24) is 5.32 Å². The number of rotatable bonds is 6. The molecule has 0 aliphatic rings. The number of carbonyl (C=O) groups excluding carboxylic acids is 2. The van der Waals surface area contributed by atoms with Crippen LogP contribution in [0.4, 0.5) is 10.1 Å². The molecule has 0 saturated heterocycles. The molecule has 0 aromatic heterocycles. The Balaban J connectivity index is 1.76. The highest BCUT2D eigenvalue weighted by Crippen LogP contribution is 2.21. The standard InChI is InChI=1S/C22H18ClFN2O2/c23-19-9-5-4-8-18(19)22(28)26-20(15-6-2-1-3-7-15)14-21(27)25-17-12-10-16(24)11-13-17/h1-13,20H,14H2,(H,25,27)(H,26,28)/t20-/m1/s1. The lowest BCUT2D eigenvalue weighted by atomic mass is 10.0. The third-order valence-electron chi connectivity index (χ3n) is 4.14. The topological polar surface area (TPSA) is 58.2 Å². The lowest BCUT2D eigenvalue weighted by molar-refractivity contribution is -0.116. The van der Waals surface area contributed by atoms with Gasteiger partial charge < -0.3 is 10.6 Å². The summed E-state index contributed by atoms with van der Waals surface area (Å²) in [5.74, 6) is -1.05. The first-order valence-electron chi connectivity index (χ1n) is 8.68. The van der Waals surface area contributed by atoms with Crippen molar-refractivity contribution in [3.63, 3.8) is 0 Å². The summed E-state index contributed by atoms with van der Waals surface area (Å²) in [7, 11) is 0. The summed E-state index contributed by atoms with van der Waals surface area (Å²) in [6, 6.07) is 20.9. The number of hydrogen-bond acceptors (Lipinski definition) is 2. The van der Waals surface area contributed by atoms with E-state index in [0.29, 0.717) is 16.3 Å². The van der Waals surface area contributed by atoms with E-state index in [1.54, 1.807) is 24.3 Å². The Morgan fingerprint density at radius 1 is 0.893 bits per heavy atom. The van der Waals surface area contributed by atoms with Crippen LogP contribution < -0.4 is 10.6 Å². The summed E-state index contributed by atoms with van der Waals surface area (Å²) < 4.78 is 13.0. The number of anilines is 1. The minimum absolute atomic E-state index is 0.0115. The monoisotopic (exact) mass is 396 g/mol. The maximum atomic E-state index is 13.0. The average Bonchev–Trinajstić information content (AvgIpc) is 2.70. The van der Waals surface area contributed by atoms with Gasteiger partial charge >= 0.3 is 0 Å². The SMILES string of the molecule is O=C(C[C@@H](NC(=O)c1ccccc1Cl)c1ccccc1)Nc1ccc(F)cc1. The minimum Gasteiger partial charge on any atom is -0.345 e. The van der Waals surface area contributed by atoms with Crippen LogP contribution in [0.5, 0.6) is 0 Å². The lowest BCUT2D eigenvalue weighted by Gasteiger charge is -2.19. The minimum atomic E-state index is -0.551. The molecule has 0 unspecified atom stereocenters. The summed E-state index contributed by atoms with van der Waals surface area (Å²) in [6.07, 6.45) is 0.0115. The number of carbonyl (C=O) groups is 2. The van der Waals surface area contributed by atoms with Gasteiger partial charge in [0.05, 0.1) is 23.0 Å². The van der Waals surface area contributed by atoms with E-state index in [1.165, 1.54) is 24.3 Å². The van der Waals surface area contributed by atoms with Gasteiger partial charge in [0.15, 0.2) is 0 Å². The van der Waals surface area contributed by atoms with E-state index < -0.39 is 6.04 Å². The van der Waals surface area contributed by atoms with Crippen LogP contribution in [0.3, 0.4) is 0 Å². The van der Waals surface area contributed by atoms with E-state index in [0.717, 1.165) is 5.56 Å². The first-order valence-corrected chi connectivity index (χ1v) is 9.06. The lowest BCUT2D eigenvalue weighted by Crippen LogP contribution is -2.31. The molecule has 2 amide bonds. The van der Waals surface area contributed by atoms with E-state index in [-0.39, 0.29) is 24.1 Å². The zero-order chi connectivity index (χ0) is 19.9. The second-order valence-electron chi connectivity index (χ2n) is 6.18. The van der Waals surface area contributed by atoms with E-state index in [1.807, 2.05) is 30.3 Å². The first kappa shape index (κ1) is 19.6. The largest absolute Gasteiger partial charge is 0.345 e. The molecule has 1 atom stereocenters. The van der Waals surface area contributed by atoms with Crippen LogP contribution in [0.15, 0.2) is 78.9 Å². The van der Waals surface area contributed by atoms with Gasteiger partial charge in [-0.1, -0.05) is 54.1 Å². The number of halogens is 2. The van der Waals surface area contributed by atoms with Crippen LogP contribution in [-0.4, -0.2) is 11.8 Å². The summed E-state index contributed by atoms with van der Waals surface area (Å²) in [5.41, 5.74) is 1.61. The maximum Gasteiger partial charge on any atom is 0.253 e. The fourth-order valence-electron chi connectivity index (χ4n) is 2.75. The quantitative estimate of drug-likeness (QED) is 0.617. The highest BCUT2D eigenvalue weighted by atomic mass is 35.5. The van der Waals surface area contributed by atoms with Crippen LogP contribution in [-0.2, 0) is 4.79 Å². The molecule has 0 aliphatic heterocycles. The van der Waals surface area contributed by atoms with Crippen LogP contribution >= 0.6 is 11.6 Å². The fraction of sp³-hybridized carbons (Fsp3) is 0.0909. The Kier molecular flexibility index (Phi) is 6.40. The first-order chi connectivity index (χ1) is 13.5. The molecule has 6 heteroatoms. The predicted octanol–water partition coefficient (Wildman–Crippen LogP) is 4.98. The molecule has 0 aliphatic carbocycles. The molecule has 0 spiro atoms. The zero-order valence-electron chi connectivity index (χ0n) is 14.9. The number of benzene rings is 3. The van der Waals surface area contributed by atoms with Crippen molar-refractivity contribution in [2.24, 2.45) is 0 Å². The Hall–Kier alpha value is -3.18. The molecule has 28 heavy (non-hydrogen) atoms. The van der Waals surface area contributed by atoms with Gasteiger partial charge in [-0.2, -0.15) is 0 Å². The molecule has 3 rings (SSSR count). The van der Waals surface area contributed by atoms with Gasteiger partial charge in [0.25, 0.3) is 5.91 Å². The summed E-state index contributed by atoms with van der Waals surface area (Å²) in [5, 5.41) is 5.92. The van der Waals surface area contributed by atoms with Crippen molar-refractivity contribution in [1.29, 1.82) is 0 Å². The predicted molar refractivity (Wildman–Crippen MR) is 108 cm³/mol. The van der Waals surface area contributed by atoms with Crippen molar-refractivity contribution < 1.29 is 14.0 Å². The molecule has 0 heterocycles. The second-order valence-corrected chi connectivity index (χ2v) is 6.58. The molecule has 4 nitrogen and oxygen atoms in total. The van der Waals surface area contributed by atoms with Crippen molar-refractivity contribution >= 4 is 29.1 Å². The van der Waals surface area contributed by atoms with Gasteiger partial charge in [0.2, 0.25) is 5.91 Å². The molecule has 0 fully saturated rings. The van der Waals surface area contributed by atoms with E-state index in [9.17, 15) is 14.0 Å². The third kappa shape index (κ3) is 5.18. The smallest absolute Gasteiger partial charge is 0.253 e. The molecule has 3 aromatic carbocycles. The Morgan fingerprint density at radius 3 is 2.21 bits per heavy atom. The van der Waals surface area contributed by atoms with Gasteiger partial charge in [0.1, 0.15) is 5.82 Å². The summed E-state index contributed by atoms with van der Waals surface area (Å²) in [4.78, 5) is 25.1. The fourth-order valence-corrected chi connectivity index (χ4v) is 2.97. The van der Waals surface area contributed by atoms with Crippen LogP contribution in [0, 0.1) is 5.82 Å². The molecule has 0 saturated carbocycles. The number of amides is 2. The zero-order valence-corrected chi connectivity index (χ0v) is 15.6. The Bertz CT molecular complexity index is 962. The molecular formula is C22H18ClFN2O2. The molecule has 142 valence electrons. The third-order valence-corrected chi connectivity index (χ3v) is 4.47. The number of hydrogen-bond donors (Lipinski definition) is 2. The summed E-state index contributed by atoms with van der Waals surface area (Å²) >= 11 is 6.10. The highest BCUT2D eigenvalue weighted by Gasteiger charge is 2.20. The van der Waals surface area contributed by atoms with Gasteiger partial charge in [-0.25, -0.2) is 4.39 Å². The molecule has 2 N–H and O–H groups in total. The molecule has 0 radical (unpaired) electrons. The second kappa shape index (κ2) is 9.15. The summed E-state index contributed by atoms with van der Waals surface area (Å²) in [6.45, 7) is 0. The maximum absolute atomic E-state index is 13.0. The van der Waals surface area contributed by atoms with E-state index in [2.05, 4.69) is 10.6 Å². The van der Waals surface area contributed by atoms with Crippen LogP contribution in [0.1, 0.15) is 28.4 Å². The van der Waals surface area contributed by atoms with Crippen molar-refractivity contribution in [3.05, 3.63) is 101 Å². The van der Waals surface area contributed by atoms with Crippen molar-refractivity contribution in [2.75, 3.05) is 5.32 Å². The van der Waals surface area contributed by atoms with Crippen molar-refractivity contribution in [3.8, 4) is 0 Å². The van der Waals surface area contributed by atoms with Gasteiger partial charge in [-0.05, 0) is 42.0 Å². The number of nitrogens with one attached hydrogen (secondary N) is 2. The molecular weight excluding hydrogens is 379 g/mol. The van der Waals surface area contributed by atoms with Gasteiger partial charge in [0, 0.05) is 5.69 Å². The molecule has 0 bridgehead atoms. The van der Waals surface area contributed by atoms with Gasteiger partial charge in [-0.3, -0.25) is 9.59 Å².